The molecule has 1 atom stereocenters. The number of carbonyl (C=O) groups is 1. The van der Waals surface area contributed by atoms with E-state index in [9.17, 15) is 10.1 Å². The van der Waals surface area contributed by atoms with Gasteiger partial charge >= 0.3 is 0 Å². The van der Waals surface area contributed by atoms with Gasteiger partial charge in [0.05, 0.1) is 13.2 Å². The van der Waals surface area contributed by atoms with Crippen molar-refractivity contribution < 1.29 is 9.53 Å². The predicted octanol–water partition coefficient (Wildman–Crippen LogP) is 6.05. The molecule has 7 nitrogen and oxygen atoms in total. The summed E-state index contributed by atoms with van der Waals surface area (Å²) in [4.78, 5) is 24.1. The van der Waals surface area contributed by atoms with Crippen LogP contribution in [0.2, 0.25) is 0 Å². The fourth-order valence-electron chi connectivity index (χ4n) is 8.20. The second-order valence-electron chi connectivity index (χ2n) is 13.4. The number of hydrogen-bond acceptors (Lipinski definition) is 5. The smallest absolute Gasteiger partial charge is 0.253 e. The lowest BCUT2D eigenvalue weighted by atomic mass is 9.56. The fraction of sp³-hybridized carbons (Fsp3) is 0.543. The Labute approximate surface area is 249 Å². The van der Waals surface area contributed by atoms with Crippen LogP contribution in [0.15, 0.2) is 42.6 Å². The van der Waals surface area contributed by atoms with E-state index >= 15 is 0 Å². The van der Waals surface area contributed by atoms with Crippen molar-refractivity contribution in [3.8, 4) is 11.8 Å². The summed E-state index contributed by atoms with van der Waals surface area (Å²) < 4.78 is 5.90. The number of benzene rings is 2. The number of carbonyl (C=O) groups excluding carboxylic acids is 1. The molecule has 2 aromatic carbocycles. The van der Waals surface area contributed by atoms with Crippen molar-refractivity contribution in [1.29, 1.82) is 5.26 Å². The largest absolute Gasteiger partial charge is 0.496 e. The molecule has 220 valence electrons. The Balaban J connectivity index is 1.12. The van der Waals surface area contributed by atoms with Crippen LogP contribution in [0.5, 0.6) is 5.75 Å². The Morgan fingerprint density at radius 2 is 1.83 bits per heavy atom. The van der Waals surface area contributed by atoms with Crippen molar-refractivity contribution in [3.05, 3.63) is 64.8 Å². The molecule has 3 heterocycles. The number of aromatic amines is 1. The summed E-state index contributed by atoms with van der Waals surface area (Å²) in [6.45, 7) is 7.54. The summed E-state index contributed by atoms with van der Waals surface area (Å²) in [6, 6.07) is 16.3. The van der Waals surface area contributed by atoms with Gasteiger partial charge in [-0.1, -0.05) is 18.6 Å². The molecular formula is C35H43N5O2. The lowest BCUT2D eigenvalue weighted by Crippen LogP contribution is -2.53. The second kappa shape index (κ2) is 11.1. The summed E-state index contributed by atoms with van der Waals surface area (Å²) in [5, 5.41) is 10.7. The highest BCUT2D eigenvalue weighted by atomic mass is 16.5. The van der Waals surface area contributed by atoms with E-state index in [1.165, 1.54) is 46.9 Å². The molecule has 0 bridgehead atoms. The maximum atomic E-state index is 13.4. The van der Waals surface area contributed by atoms with Gasteiger partial charge in [-0.3, -0.25) is 14.6 Å². The third-order valence-corrected chi connectivity index (χ3v) is 11.0. The molecule has 2 saturated heterocycles. The number of piperidine rings is 1. The van der Waals surface area contributed by atoms with Crippen molar-refractivity contribution in [1.82, 2.24) is 19.7 Å². The number of hydrogen-bond donors (Lipinski definition) is 1. The van der Waals surface area contributed by atoms with Crippen LogP contribution in [0.25, 0.3) is 10.9 Å². The van der Waals surface area contributed by atoms with Gasteiger partial charge in [-0.25, -0.2) is 0 Å². The van der Waals surface area contributed by atoms with Crippen LogP contribution in [0.4, 0.5) is 0 Å². The molecule has 7 heteroatoms. The molecule has 2 saturated carbocycles. The number of fused-ring (bicyclic) bond motifs is 1. The van der Waals surface area contributed by atoms with Gasteiger partial charge in [-0.2, -0.15) is 5.26 Å². The van der Waals surface area contributed by atoms with Gasteiger partial charge in [0.2, 0.25) is 0 Å². The first-order valence-electron chi connectivity index (χ1n) is 15.9. The molecule has 3 aromatic rings. The normalized spacial score (nSPS) is 27.0. The SMILES string of the molecule is COc1cc(C)c2[nH]ccc2c1CN1CCC2(CC(C#N)C2)C[C@H]1c1ccc(C(=O)N2CCN(C3CCC3)CC2)cc1. The summed E-state index contributed by atoms with van der Waals surface area (Å²) >= 11 is 0. The second-order valence-corrected chi connectivity index (χ2v) is 13.4. The molecular weight excluding hydrogens is 522 g/mol. The van der Waals surface area contributed by atoms with E-state index in [4.69, 9.17) is 4.74 Å². The number of piperazine rings is 1. The van der Waals surface area contributed by atoms with Gasteiger partial charge in [0.1, 0.15) is 5.75 Å². The van der Waals surface area contributed by atoms with E-state index < -0.39 is 0 Å². The van der Waals surface area contributed by atoms with Gasteiger partial charge < -0.3 is 14.6 Å². The van der Waals surface area contributed by atoms with E-state index in [0.29, 0.717) is 0 Å². The first-order chi connectivity index (χ1) is 20.5. The van der Waals surface area contributed by atoms with Crippen LogP contribution in [0.1, 0.15) is 78.0 Å². The molecule has 0 radical (unpaired) electrons. The number of aromatic nitrogens is 1. The van der Waals surface area contributed by atoms with E-state index in [1.54, 1.807) is 7.11 Å². The van der Waals surface area contributed by atoms with Crippen molar-refractivity contribution in [3.63, 3.8) is 0 Å². The molecule has 42 heavy (non-hydrogen) atoms. The Morgan fingerprint density at radius 1 is 1.07 bits per heavy atom. The quantitative estimate of drug-likeness (QED) is 0.394. The van der Waals surface area contributed by atoms with Crippen LogP contribution < -0.4 is 4.74 Å². The molecule has 4 aliphatic rings. The molecule has 2 aliphatic heterocycles. The van der Waals surface area contributed by atoms with Crippen LogP contribution >= 0.6 is 0 Å². The number of nitrogens with zero attached hydrogens (tertiary/aromatic N) is 4. The number of methoxy groups -OCH3 is 1. The lowest BCUT2D eigenvalue weighted by Gasteiger charge is -2.53. The average molecular weight is 566 g/mol. The molecule has 4 fully saturated rings. The van der Waals surface area contributed by atoms with Crippen molar-refractivity contribution in [2.45, 2.75) is 70.5 Å². The number of H-pyrrole nitrogens is 1. The third-order valence-electron chi connectivity index (χ3n) is 11.0. The first kappa shape index (κ1) is 27.5. The van der Waals surface area contributed by atoms with Gasteiger partial charge in [-0.05, 0) is 92.8 Å². The molecule has 0 unspecified atom stereocenters. The summed E-state index contributed by atoms with van der Waals surface area (Å²) in [5.41, 5.74) is 5.87. The van der Waals surface area contributed by atoms with E-state index in [-0.39, 0.29) is 23.3 Å². The van der Waals surface area contributed by atoms with Crippen molar-refractivity contribution in [2.75, 3.05) is 39.8 Å². The number of rotatable bonds is 6. The van der Waals surface area contributed by atoms with Gasteiger partial charge in [0, 0.05) is 79.0 Å². The summed E-state index contributed by atoms with van der Waals surface area (Å²) in [5.74, 6) is 1.28. The van der Waals surface area contributed by atoms with Gasteiger partial charge in [0.15, 0.2) is 0 Å². The maximum absolute atomic E-state index is 13.4. The minimum absolute atomic E-state index is 0.155. The zero-order valence-electron chi connectivity index (χ0n) is 25.1. The number of nitriles is 1. The van der Waals surface area contributed by atoms with Gasteiger partial charge in [-0.15, -0.1) is 0 Å². The standard InChI is InChI=1S/C35H43N5O2/c1-24-18-32(42-2)30(29-10-12-37-33(24)29)23-40-13-11-35(19-25(20-35)22-36)21-31(40)26-6-8-27(9-7-26)34(41)39-16-14-38(15-17-39)28-4-3-5-28/h6-10,12,18,25,28,31,37H,3-5,11,13-17,19-21,23H2,1-2H3/t25?,31-,35?/m0/s1. The third kappa shape index (κ3) is 4.89. The number of ether oxygens (including phenoxy) is 1. The molecule has 1 N–H and O–H groups in total. The van der Waals surface area contributed by atoms with E-state index in [2.05, 4.69) is 52.0 Å². The Kier molecular flexibility index (Phi) is 7.24. The van der Waals surface area contributed by atoms with Crippen LogP contribution in [-0.2, 0) is 6.54 Å². The minimum Gasteiger partial charge on any atom is -0.496 e. The summed E-state index contributed by atoms with van der Waals surface area (Å²) in [7, 11) is 1.76. The van der Waals surface area contributed by atoms with E-state index in [0.717, 1.165) is 82.3 Å². The molecule has 7 rings (SSSR count). The van der Waals surface area contributed by atoms with Crippen LogP contribution in [0.3, 0.4) is 0 Å². The highest BCUT2D eigenvalue weighted by molar-refractivity contribution is 5.94. The Bertz CT molecular complexity index is 1490. The molecule has 2 aliphatic carbocycles. The summed E-state index contributed by atoms with van der Waals surface area (Å²) in [6.07, 6.45) is 10.2. The van der Waals surface area contributed by atoms with E-state index in [1.807, 2.05) is 23.2 Å². The highest BCUT2D eigenvalue weighted by Gasteiger charge is 2.49. The van der Waals surface area contributed by atoms with Gasteiger partial charge in [0.25, 0.3) is 5.91 Å². The number of amides is 1. The number of likely N-dealkylation sites (tertiary alicyclic amines) is 1. The lowest BCUT2D eigenvalue weighted by molar-refractivity contribution is -0.0298. The number of aryl methyl sites for hydroxylation is 1. The zero-order valence-corrected chi connectivity index (χ0v) is 25.1. The topological polar surface area (TPSA) is 75.6 Å². The molecule has 1 aromatic heterocycles. The number of nitrogens with one attached hydrogen (secondary N) is 1. The highest BCUT2D eigenvalue weighted by Crippen LogP contribution is 2.57. The Morgan fingerprint density at radius 3 is 2.50 bits per heavy atom. The monoisotopic (exact) mass is 565 g/mol. The van der Waals surface area contributed by atoms with Crippen LogP contribution in [0, 0.1) is 29.6 Å². The Hall–Kier alpha value is -3.34. The molecule has 1 amide bonds. The predicted molar refractivity (Wildman–Crippen MR) is 164 cm³/mol. The zero-order chi connectivity index (χ0) is 28.8. The maximum Gasteiger partial charge on any atom is 0.253 e. The molecule has 1 spiro atoms. The minimum atomic E-state index is 0.155. The average Bonchev–Trinajstić information content (AvgIpc) is 3.48. The van der Waals surface area contributed by atoms with Crippen molar-refractivity contribution in [2.24, 2.45) is 11.3 Å². The first-order valence-corrected chi connectivity index (χ1v) is 15.9. The van der Waals surface area contributed by atoms with Crippen LogP contribution in [-0.4, -0.2) is 71.5 Å². The fourth-order valence-corrected chi connectivity index (χ4v) is 8.20. The van der Waals surface area contributed by atoms with Crippen molar-refractivity contribution >= 4 is 16.8 Å².